The molecule has 2 aromatic rings. The molecule has 7 nitrogen and oxygen atoms in total. The zero-order valence-corrected chi connectivity index (χ0v) is 18.4. The third-order valence-corrected chi connectivity index (χ3v) is 5.53. The highest BCUT2D eigenvalue weighted by molar-refractivity contribution is 5.80. The summed E-state index contributed by atoms with van der Waals surface area (Å²) < 4.78 is 17.1. The lowest BCUT2D eigenvalue weighted by molar-refractivity contribution is 0.297. The van der Waals surface area contributed by atoms with Gasteiger partial charge in [0.2, 0.25) is 0 Å². The Morgan fingerprint density at radius 1 is 1.16 bits per heavy atom. The molecule has 1 saturated heterocycles. The number of hydrogen-bond donors (Lipinski definition) is 2. The molecular formula is C24H32N4O3. The fourth-order valence-corrected chi connectivity index (χ4v) is 3.98. The van der Waals surface area contributed by atoms with Gasteiger partial charge in [0.05, 0.1) is 32.6 Å². The summed E-state index contributed by atoms with van der Waals surface area (Å²) in [7, 11) is 1.72. The first kappa shape index (κ1) is 21.2. The minimum Gasteiger partial charge on any atom is -0.495 e. The second-order valence-electron chi connectivity index (χ2n) is 7.77. The summed E-state index contributed by atoms with van der Waals surface area (Å²) in [6.45, 7) is 6.76. The van der Waals surface area contributed by atoms with E-state index in [1.807, 2.05) is 24.3 Å². The first-order chi connectivity index (χ1) is 15.3. The molecule has 0 aromatic heterocycles. The van der Waals surface area contributed by atoms with Gasteiger partial charge in [0.25, 0.3) is 0 Å². The monoisotopic (exact) mass is 424 g/mol. The van der Waals surface area contributed by atoms with Gasteiger partial charge in [-0.1, -0.05) is 18.2 Å². The second-order valence-corrected chi connectivity index (χ2v) is 7.77. The van der Waals surface area contributed by atoms with E-state index in [1.54, 1.807) is 7.11 Å². The van der Waals surface area contributed by atoms with Gasteiger partial charge in [-0.05, 0) is 43.2 Å². The van der Waals surface area contributed by atoms with E-state index in [-0.39, 0.29) is 0 Å². The molecule has 7 heteroatoms. The van der Waals surface area contributed by atoms with E-state index in [1.165, 1.54) is 0 Å². The number of aliphatic imine (C=N–C) groups is 1. The number of guanidine groups is 1. The Morgan fingerprint density at radius 3 is 2.84 bits per heavy atom. The molecule has 166 valence electrons. The highest BCUT2D eigenvalue weighted by Gasteiger charge is 2.25. The van der Waals surface area contributed by atoms with Crippen LogP contribution >= 0.6 is 0 Å². The molecule has 2 aliphatic heterocycles. The maximum Gasteiger partial charge on any atom is 0.191 e. The molecule has 2 aromatic carbocycles. The van der Waals surface area contributed by atoms with Gasteiger partial charge in [-0.2, -0.15) is 0 Å². The Kier molecular flexibility index (Phi) is 7.02. The molecule has 2 heterocycles. The van der Waals surface area contributed by atoms with E-state index in [2.05, 4.69) is 40.7 Å². The molecule has 2 N–H and O–H groups in total. The van der Waals surface area contributed by atoms with Crippen molar-refractivity contribution in [3.8, 4) is 17.2 Å². The van der Waals surface area contributed by atoms with Gasteiger partial charge in [0.15, 0.2) is 17.5 Å². The minimum atomic E-state index is 0.325. The van der Waals surface area contributed by atoms with Crippen molar-refractivity contribution in [2.45, 2.75) is 32.4 Å². The van der Waals surface area contributed by atoms with Crippen LogP contribution in [0.15, 0.2) is 47.5 Å². The molecule has 31 heavy (non-hydrogen) atoms. The smallest absolute Gasteiger partial charge is 0.191 e. The zero-order valence-electron chi connectivity index (χ0n) is 18.4. The summed E-state index contributed by atoms with van der Waals surface area (Å²) in [4.78, 5) is 7.17. The number of benzene rings is 2. The van der Waals surface area contributed by atoms with E-state index in [0.29, 0.717) is 25.8 Å². The van der Waals surface area contributed by atoms with Crippen molar-refractivity contribution in [2.75, 3.05) is 44.9 Å². The topological polar surface area (TPSA) is 67.4 Å². The van der Waals surface area contributed by atoms with E-state index in [4.69, 9.17) is 19.2 Å². The highest BCUT2D eigenvalue weighted by Crippen LogP contribution is 2.31. The van der Waals surface area contributed by atoms with E-state index < -0.39 is 0 Å². The summed E-state index contributed by atoms with van der Waals surface area (Å²) in [6.07, 6.45) is 1.95. The van der Waals surface area contributed by atoms with Gasteiger partial charge in [-0.3, -0.25) is 0 Å². The van der Waals surface area contributed by atoms with E-state index in [9.17, 15) is 0 Å². The van der Waals surface area contributed by atoms with Crippen LogP contribution in [-0.4, -0.2) is 52.0 Å². The summed E-state index contributed by atoms with van der Waals surface area (Å²) in [5, 5.41) is 6.97. The number of nitrogens with zero attached hydrogens (tertiary/aromatic N) is 2. The lowest BCUT2D eigenvalue weighted by Gasteiger charge is -2.22. The maximum atomic E-state index is 5.80. The van der Waals surface area contributed by atoms with Crippen molar-refractivity contribution in [1.29, 1.82) is 0 Å². The van der Waals surface area contributed by atoms with E-state index >= 15 is 0 Å². The van der Waals surface area contributed by atoms with Crippen LogP contribution in [0.3, 0.4) is 0 Å². The van der Waals surface area contributed by atoms with Crippen molar-refractivity contribution in [1.82, 2.24) is 10.6 Å². The number of fused-ring (bicyclic) bond motifs is 1. The van der Waals surface area contributed by atoms with Crippen molar-refractivity contribution in [2.24, 2.45) is 4.99 Å². The Bertz CT molecular complexity index is 902. The molecular weight excluding hydrogens is 392 g/mol. The Balaban J connectivity index is 1.39. The summed E-state index contributed by atoms with van der Waals surface area (Å²) >= 11 is 0. The molecule has 0 spiro atoms. The molecule has 0 aliphatic carbocycles. The third-order valence-electron chi connectivity index (χ3n) is 5.53. The molecule has 1 atom stereocenters. The molecule has 1 fully saturated rings. The number of methoxy groups -OCH3 is 1. The number of ether oxygens (including phenoxy) is 3. The Labute approximate surface area is 184 Å². The number of hydrogen-bond acceptors (Lipinski definition) is 5. The Morgan fingerprint density at radius 2 is 2.00 bits per heavy atom. The fourth-order valence-electron chi connectivity index (χ4n) is 3.98. The van der Waals surface area contributed by atoms with Gasteiger partial charge < -0.3 is 29.7 Å². The molecule has 1 unspecified atom stereocenters. The van der Waals surface area contributed by atoms with Crippen LogP contribution in [0.25, 0.3) is 0 Å². The van der Waals surface area contributed by atoms with Crippen LogP contribution in [0.4, 0.5) is 5.69 Å². The van der Waals surface area contributed by atoms with Gasteiger partial charge in [0.1, 0.15) is 5.75 Å². The average molecular weight is 425 g/mol. The van der Waals surface area contributed by atoms with Crippen LogP contribution in [0.1, 0.15) is 25.3 Å². The van der Waals surface area contributed by atoms with Gasteiger partial charge in [-0.25, -0.2) is 4.99 Å². The quantitative estimate of drug-likeness (QED) is 0.548. The highest BCUT2D eigenvalue weighted by atomic mass is 16.5. The molecule has 0 saturated carbocycles. The fraction of sp³-hybridized carbons (Fsp3) is 0.458. The number of nitrogens with one attached hydrogen (secondary N) is 2. The average Bonchev–Trinajstić information content (AvgIpc) is 3.13. The van der Waals surface area contributed by atoms with Gasteiger partial charge in [-0.15, -0.1) is 0 Å². The van der Waals surface area contributed by atoms with E-state index in [0.717, 1.165) is 66.9 Å². The Hall–Kier alpha value is -3.09. The van der Waals surface area contributed by atoms with Crippen LogP contribution in [0.5, 0.6) is 17.2 Å². The van der Waals surface area contributed by atoms with Crippen LogP contribution in [-0.2, 0) is 6.54 Å². The van der Waals surface area contributed by atoms with Crippen molar-refractivity contribution in [3.05, 3.63) is 48.0 Å². The maximum absolute atomic E-state index is 5.80. The van der Waals surface area contributed by atoms with Crippen molar-refractivity contribution < 1.29 is 14.2 Å². The lowest BCUT2D eigenvalue weighted by Crippen LogP contribution is -2.44. The predicted octanol–water partition coefficient (Wildman–Crippen LogP) is 3.19. The zero-order chi connectivity index (χ0) is 21.5. The van der Waals surface area contributed by atoms with Crippen LogP contribution in [0, 0.1) is 0 Å². The molecule has 0 bridgehead atoms. The summed E-state index contributed by atoms with van der Waals surface area (Å²) in [5.74, 6) is 3.38. The van der Waals surface area contributed by atoms with Crippen LogP contribution < -0.4 is 29.7 Å². The van der Waals surface area contributed by atoms with Crippen molar-refractivity contribution in [3.63, 3.8) is 0 Å². The molecule has 0 radical (unpaired) electrons. The molecule has 2 aliphatic rings. The summed E-state index contributed by atoms with van der Waals surface area (Å²) in [6, 6.07) is 14.6. The first-order valence-corrected chi connectivity index (χ1v) is 11.1. The normalized spacial score (nSPS) is 18.5. The minimum absolute atomic E-state index is 0.325. The first-order valence-electron chi connectivity index (χ1n) is 11.1. The number of anilines is 1. The SMILES string of the molecule is CCNC(=NCc1ccc2c(c1)OCCCO2)NC1CCN(c2ccccc2OC)C1. The lowest BCUT2D eigenvalue weighted by atomic mass is 10.2. The van der Waals surface area contributed by atoms with Crippen LogP contribution in [0.2, 0.25) is 0 Å². The second kappa shape index (κ2) is 10.3. The number of rotatable bonds is 6. The standard InChI is InChI=1S/C24H32N4O3/c1-3-25-24(26-16-18-9-10-22-23(15-18)31-14-6-13-30-22)27-19-11-12-28(17-19)20-7-4-5-8-21(20)29-2/h4-5,7-10,15,19H,3,6,11-14,16-17H2,1-2H3,(H2,25,26,27). The largest absolute Gasteiger partial charge is 0.495 e. The number of para-hydroxylation sites is 2. The molecule has 0 amide bonds. The van der Waals surface area contributed by atoms with Gasteiger partial charge in [0, 0.05) is 32.1 Å². The van der Waals surface area contributed by atoms with Crippen molar-refractivity contribution >= 4 is 11.6 Å². The third kappa shape index (κ3) is 5.34. The van der Waals surface area contributed by atoms with Gasteiger partial charge >= 0.3 is 0 Å². The molecule has 4 rings (SSSR count). The predicted molar refractivity (Wildman–Crippen MR) is 124 cm³/mol. The summed E-state index contributed by atoms with van der Waals surface area (Å²) in [5.41, 5.74) is 2.24.